The Bertz CT molecular complexity index is 503. The Labute approximate surface area is 126 Å². The minimum atomic E-state index is -0.648. The van der Waals surface area contributed by atoms with Crippen molar-refractivity contribution >= 4 is 18.0 Å². The highest BCUT2D eigenvalue weighted by Crippen LogP contribution is 2.15. The Hall–Kier alpha value is -2.10. The molecule has 0 aliphatic rings. The maximum Gasteiger partial charge on any atom is 0.328 e. The summed E-state index contributed by atoms with van der Waals surface area (Å²) in [6.07, 6.45) is 3.14. The van der Waals surface area contributed by atoms with E-state index in [1.165, 1.54) is 11.6 Å². The number of rotatable bonds is 6. The molecule has 4 heteroatoms. The minimum Gasteiger partial charge on any atom is -0.464 e. The first kappa shape index (κ1) is 17.0. The van der Waals surface area contributed by atoms with Crippen molar-refractivity contribution in [1.82, 2.24) is 5.32 Å². The first-order valence-corrected chi connectivity index (χ1v) is 7.19. The Morgan fingerprint density at radius 3 is 2.33 bits per heavy atom. The van der Waals surface area contributed by atoms with Crippen LogP contribution in [0.4, 0.5) is 0 Å². The number of hydrogen-bond acceptors (Lipinski definition) is 3. The van der Waals surface area contributed by atoms with Gasteiger partial charge in [-0.2, -0.15) is 0 Å². The smallest absolute Gasteiger partial charge is 0.328 e. The van der Waals surface area contributed by atoms with Gasteiger partial charge in [0.1, 0.15) is 6.04 Å². The van der Waals surface area contributed by atoms with E-state index in [1.54, 1.807) is 19.9 Å². The monoisotopic (exact) mass is 289 g/mol. The molecule has 114 valence electrons. The van der Waals surface area contributed by atoms with E-state index in [0.717, 1.165) is 5.56 Å². The van der Waals surface area contributed by atoms with Crippen LogP contribution in [0.5, 0.6) is 0 Å². The number of nitrogens with one attached hydrogen (secondary N) is 1. The molecule has 1 aromatic rings. The zero-order valence-electron chi connectivity index (χ0n) is 13.1. The lowest BCUT2D eigenvalue weighted by Crippen LogP contribution is -2.38. The van der Waals surface area contributed by atoms with Crippen LogP contribution in [-0.2, 0) is 14.3 Å². The minimum absolute atomic E-state index is 0.303. The highest BCUT2D eigenvalue weighted by atomic mass is 16.5. The van der Waals surface area contributed by atoms with E-state index in [9.17, 15) is 9.59 Å². The summed E-state index contributed by atoms with van der Waals surface area (Å²) in [6, 6.07) is 7.37. The number of carbonyl (C=O) groups is 2. The fraction of sp³-hybridized carbons (Fsp3) is 0.412. The molecule has 0 radical (unpaired) electrons. The van der Waals surface area contributed by atoms with Crippen molar-refractivity contribution in [2.24, 2.45) is 0 Å². The van der Waals surface area contributed by atoms with Gasteiger partial charge in [-0.25, -0.2) is 4.79 Å². The molecule has 0 aliphatic heterocycles. The maximum atomic E-state index is 11.7. The van der Waals surface area contributed by atoms with Gasteiger partial charge >= 0.3 is 5.97 Å². The first-order chi connectivity index (χ1) is 9.93. The largest absolute Gasteiger partial charge is 0.464 e. The Kier molecular flexibility index (Phi) is 6.66. The Morgan fingerprint density at radius 2 is 1.81 bits per heavy atom. The van der Waals surface area contributed by atoms with E-state index in [0.29, 0.717) is 12.5 Å². The van der Waals surface area contributed by atoms with Crippen LogP contribution in [0.25, 0.3) is 6.08 Å². The Balaban J connectivity index is 2.55. The van der Waals surface area contributed by atoms with Crippen LogP contribution in [0.15, 0.2) is 30.3 Å². The SMILES string of the molecule is CCOC(=O)[C@@H](C)NC(=O)/C=C/c1ccc(C(C)C)cc1. The predicted octanol–water partition coefficient (Wildman–Crippen LogP) is 2.89. The summed E-state index contributed by atoms with van der Waals surface area (Å²) in [4.78, 5) is 23.1. The van der Waals surface area contributed by atoms with E-state index in [2.05, 4.69) is 19.2 Å². The quantitative estimate of drug-likeness (QED) is 0.647. The molecule has 0 spiro atoms. The third kappa shape index (κ3) is 5.81. The second-order valence-electron chi connectivity index (χ2n) is 5.14. The third-order valence-electron chi connectivity index (χ3n) is 3.03. The van der Waals surface area contributed by atoms with Crippen LogP contribution < -0.4 is 5.32 Å². The highest BCUT2D eigenvalue weighted by Gasteiger charge is 2.14. The standard InChI is InChI=1S/C17H23NO3/c1-5-21-17(20)13(4)18-16(19)11-8-14-6-9-15(10-7-14)12(2)3/h6-13H,5H2,1-4H3,(H,18,19)/b11-8+/t13-/m1/s1. The topological polar surface area (TPSA) is 55.4 Å². The van der Waals surface area contributed by atoms with Crippen molar-refractivity contribution in [1.29, 1.82) is 0 Å². The number of carbonyl (C=O) groups excluding carboxylic acids is 2. The highest BCUT2D eigenvalue weighted by molar-refractivity contribution is 5.94. The molecule has 0 unspecified atom stereocenters. The van der Waals surface area contributed by atoms with Gasteiger partial charge < -0.3 is 10.1 Å². The molecule has 0 saturated heterocycles. The molecule has 1 rings (SSSR count). The van der Waals surface area contributed by atoms with Crippen molar-refractivity contribution in [3.63, 3.8) is 0 Å². The van der Waals surface area contributed by atoms with Gasteiger partial charge in [-0.3, -0.25) is 4.79 Å². The van der Waals surface area contributed by atoms with Crippen LogP contribution in [0, 0.1) is 0 Å². The van der Waals surface area contributed by atoms with Gasteiger partial charge in [-0.15, -0.1) is 0 Å². The zero-order chi connectivity index (χ0) is 15.8. The van der Waals surface area contributed by atoms with Crippen molar-refractivity contribution in [3.05, 3.63) is 41.5 Å². The predicted molar refractivity (Wildman–Crippen MR) is 83.8 cm³/mol. The van der Waals surface area contributed by atoms with Crippen LogP contribution in [0.1, 0.15) is 44.7 Å². The summed E-state index contributed by atoms with van der Waals surface area (Å²) in [5.41, 5.74) is 2.20. The molecule has 4 nitrogen and oxygen atoms in total. The van der Waals surface area contributed by atoms with E-state index in [4.69, 9.17) is 4.74 Å². The molecule has 0 aromatic heterocycles. The molecule has 1 N–H and O–H groups in total. The van der Waals surface area contributed by atoms with Crippen molar-refractivity contribution in [3.8, 4) is 0 Å². The fourth-order valence-corrected chi connectivity index (χ4v) is 1.75. The van der Waals surface area contributed by atoms with Crippen LogP contribution in [0.2, 0.25) is 0 Å². The summed E-state index contributed by atoms with van der Waals surface area (Å²) in [7, 11) is 0. The van der Waals surface area contributed by atoms with Gasteiger partial charge in [0.2, 0.25) is 5.91 Å². The fourth-order valence-electron chi connectivity index (χ4n) is 1.75. The lowest BCUT2D eigenvalue weighted by atomic mass is 10.0. The zero-order valence-corrected chi connectivity index (χ0v) is 13.1. The van der Waals surface area contributed by atoms with Crippen molar-refractivity contribution in [2.75, 3.05) is 6.61 Å². The summed E-state index contributed by atoms with van der Waals surface area (Å²) < 4.78 is 4.83. The van der Waals surface area contributed by atoms with Crippen LogP contribution in [-0.4, -0.2) is 24.5 Å². The van der Waals surface area contributed by atoms with Gasteiger partial charge in [-0.05, 0) is 37.0 Å². The molecule has 0 saturated carbocycles. The second-order valence-corrected chi connectivity index (χ2v) is 5.14. The van der Waals surface area contributed by atoms with E-state index in [1.807, 2.05) is 24.3 Å². The number of amides is 1. The van der Waals surface area contributed by atoms with Gasteiger partial charge in [0.15, 0.2) is 0 Å². The van der Waals surface area contributed by atoms with E-state index in [-0.39, 0.29) is 5.91 Å². The van der Waals surface area contributed by atoms with E-state index >= 15 is 0 Å². The average molecular weight is 289 g/mol. The lowest BCUT2D eigenvalue weighted by molar-refractivity contribution is -0.146. The molecule has 0 fully saturated rings. The number of esters is 1. The molecular weight excluding hydrogens is 266 g/mol. The molecule has 1 aromatic carbocycles. The summed E-state index contributed by atoms with van der Waals surface area (Å²) in [6.45, 7) is 7.90. The molecule has 0 bridgehead atoms. The molecule has 1 amide bonds. The lowest BCUT2D eigenvalue weighted by Gasteiger charge is -2.10. The Morgan fingerprint density at radius 1 is 1.19 bits per heavy atom. The summed E-state index contributed by atoms with van der Waals surface area (Å²) >= 11 is 0. The molecular formula is C17H23NO3. The second kappa shape index (κ2) is 8.25. The molecule has 21 heavy (non-hydrogen) atoms. The molecule has 0 aliphatic carbocycles. The van der Waals surface area contributed by atoms with Crippen LogP contribution >= 0.6 is 0 Å². The molecule has 1 atom stereocenters. The average Bonchev–Trinajstić information content (AvgIpc) is 2.45. The maximum absolute atomic E-state index is 11.7. The van der Waals surface area contributed by atoms with Gasteiger partial charge in [-0.1, -0.05) is 38.1 Å². The third-order valence-corrected chi connectivity index (χ3v) is 3.03. The molecule has 0 heterocycles. The van der Waals surface area contributed by atoms with Crippen LogP contribution in [0.3, 0.4) is 0 Å². The van der Waals surface area contributed by atoms with E-state index < -0.39 is 12.0 Å². The van der Waals surface area contributed by atoms with Gasteiger partial charge in [0, 0.05) is 6.08 Å². The number of ether oxygens (including phenoxy) is 1. The number of hydrogen-bond donors (Lipinski definition) is 1. The number of benzene rings is 1. The van der Waals surface area contributed by atoms with Gasteiger partial charge in [0.05, 0.1) is 6.61 Å². The van der Waals surface area contributed by atoms with Crippen molar-refractivity contribution in [2.45, 2.75) is 39.7 Å². The summed E-state index contributed by atoms with van der Waals surface area (Å²) in [5.74, 6) is -0.263. The van der Waals surface area contributed by atoms with Gasteiger partial charge in [0.25, 0.3) is 0 Å². The first-order valence-electron chi connectivity index (χ1n) is 7.19. The normalized spacial score (nSPS) is 12.4. The summed E-state index contributed by atoms with van der Waals surface area (Å²) in [5, 5.41) is 2.56. The van der Waals surface area contributed by atoms with Crippen molar-refractivity contribution < 1.29 is 14.3 Å².